The maximum absolute atomic E-state index is 12.0. The molecule has 1 heterocycles. The number of nitrogens with two attached hydrogens (primary N) is 1. The van der Waals surface area contributed by atoms with E-state index in [0.717, 1.165) is 11.1 Å². The Kier molecular flexibility index (Phi) is 6.98. The molecule has 0 fully saturated rings. The zero-order chi connectivity index (χ0) is 21.4. The number of H-pyrrole nitrogens is 1. The van der Waals surface area contributed by atoms with Gasteiger partial charge >= 0.3 is 18.1 Å². The summed E-state index contributed by atoms with van der Waals surface area (Å²) in [5.41, 5.74) is 7.73. The van der Waals surface area contributed by atoms with Crippen LogP contribution < -0.4 is 10.5 Å². The molecule has 0 aliphatic heterocycles. The fraction of sp³-hybridized carbons (Fsp3) is 0.118. The monoisotopic (exact) mass is 409 g/mol. The van der Waals surface area contributed by atoms with Crippen molar-refractivity contribution >= 4 is 11.9 Å². The van der Waals surface area contributed by atoms with Crippen LogP contribution in [0.4, 0.5) is 13.2 Å². The van der Waals surface area contributed by atoms with E-state index in [2.05, 4.69) is 20.6 Å². The van der Waals surface area contributed by atoms with Gasteiger partial charge in [-0.05, 0) is 47.2 Å². The maximum Gasteiger partial charge on any atom is 0.490 e. The van der Waals surface area contributed by atoms with Crippen LogP contribution in [0.15, 0.2) is 48.5 Å². The number of hydrogen-bond acceptors (Lipinski definition) is 7. The molecule has 3 rings (SSSR count). The van der Waals surface area contributed by atoms with Crippen LogP contribution in [0.5, 0.6) is 5.75 Å². The number of ether oxygens (including phenoxy) is 1. The number of aliphatic carboxylic acids is 1. The van der Waals surface area contributed by atoms with Gasteiger partial charge in [0.25, 0.3) is 0 Å². The van der Waals surface area contributed by atoms with Crippen LogP contribution in [0.2, 0.25) is 0 Å². The van der Waals surface area contributed by atoms with Gasteiger partial charge in [0.1, 0.15) is 5.75 Å². The molecule has 0 aliphatic rings. The minimum atomic E-state index is -5.08. The maximum atomic E-state index is 12.0. The van der Waals surface area contributed by atoms with Crippen LogP contribution in [0.25, 0.3) is 11.4 Å². The molecule has 0 atom stereocenters. The zero-order valence-electron chi connectivity index (χ0n) is 14.6. The molecule has 4 N–H and O–H groups in total. The topological polar surface area (TPSA) is 144 Å². The molecule has 0 unspecified atom stereocenters. The Morgan fingerprint density at radius 2 is 1.66 bits per heavy atom. The fourth-order valence-electron chi connectivity index (χ4n) is 1.90. The third kappa shape index (κ3) is 6.39. The van der Waals surface area contributed by atoms with Gasteiger partial charge < -0.3 is 15.6 Å². The van der Waals surface area contributed by atoms with E-state index in [9.17, 15) is 18.0 Å². The van der Waals surface area contributed by atoms with Gasteiger partial charge in [0.15, 0.2) is 0 Å². The van der Waals surface area contributed by atoms with Crippen molar-refractivity contribution in [3.05, 3.63) is 59.7 Å². The quantitative estimate of drug-likeness (QED) is 0.439. The van der Waals surface area contributed by atoms with Crippen LogP contribution in [0, 0.1) is 0 Å². The second kappa shape index (κ2) is 9.41. The van der Waals surface area contributed by atoms with Crippen molar-refractivity contribution in [2.75, 3.05) is 0 Å². The van der Waals surface area contributed by atoms with Crippen molar-refractivity contribution in [2.45, 2.75) is 12.7 Å². The van der Waals surface area contributed by atoms with E-state index in [-0.39, 0.29) is 0 Å². The molecule has 0 aliphatic carbocycles. The predicted octanol–water partition coefficient (Wildman–Crippen LogP) is 2.18. The van der Waals surface area contributed by atoms with Crippen LogP contribution in [-0.4, -0.2) is 43.8 Å². The SMILES string of the molecule is NCc1ccc(C(=O)Oc2ccc(-c3nn[nH]n3)cc2)cc1.O=C(O)C(F)(F)F. The Hall–Kier alpha value is -3.80. The summed E-state index contributed by atoms with van der Waals surface area (Å²) in [6.45, 7) is 0.437. The van der Waals surface area contributed by atoms with E-state index in [1.165, 1.54) is 0 Å². The largest absolute Gasteiger partial charge is 0.490 e. The summed E-state index contributed by atoms with van der Waals surface area (Å²) in [6, 6.07) is 13.9. The molecule has 152 valence electrons. The first-order valence-electron chi connectivity index (χ1n) is 7.86. The molecule has 2 aromatic carbocycles. The highest BCUT2D eigenvalue weighted by atomic mass is 19.4. The van der Waals surface area contributed by atoms with Crippen LogP contribution in [0.1, 0.15) is 15.9 Å². The Balaban J connectivity index is 0.000000370. The normalized spacial score (nSPS) is 10.6. The smallest absolute Gasteiger partial charge is 0.475 e. The highest BCUT2D eigenvalue weighted by Crippen LogP contribution is 2.19. The second-order valence-electron chi connectivity index (χ2n) is 5.35. The summed E-state index contributed by atoms with van der Waals surface area (Å²) < 4.78 is 37.0. The van der Waals surface area contributed by atoms with E-state index in [1.54, 1.807) is 48.5 Å². The number of aromatic amines is 1. The van der Waals surface area contributed by atoms with E-state index >= 15 is 0 Å². The Labute approximate surface area is 161 Å². The number of aromatic nitrogens is 4. The van der Waals surface area contributed by atoms with E-state index in [4.69, 9.17) is 20.4 Å². The highest BCUT2D eigenvalue weighted by Gasteiger charge is 2.38. The molecule has 0 saturated heterocycles. The number of benzene rings is 2. The number of carboxylic acids is 1. The van der Waals surface area contributed by atoms with Crippen molar-refractivity contribution in [3.8, 4) is 17.1 Å². The third-order valence-corrected chi connectivity index (χ3v) is 3.34. The first kappa shape index (κ1) is 21.5. The molecule has 9 nitrogen and oxygen atoms in total. The van der Waals surface area contributed by atoms with Gasteiger partial charge in [0.2, 0.25) is 5.82 Å². The number of carboxylic acid groups (broad SMARTS) is 1. The van der Waals surface area contributed by atoms with Crippen LogP contribution >= 0.6 is 0 Å². The molecular formula is C17H14F3N5O4. The van der Waals surface area contributed by atoms with Gasteiger partial charge in [-0.15, -0.1) is 10.2 Å². The van der Waals surface area contributed by atoms with Gasteiger partial charge in [-0.3, -0.25) is 0 Å². The number of carbonyl (C=O) groups is 2. The lowest BCUT2D eigenvalue weighted by Gasteiger charge is -2.05. The minimum Gasteiger partial charge on any atom is -0.475 e. The summed E-state index contributed by atoms with van der Waals surface area (Å²) in [4.78, 5) is 20.9. The Morgan fingerprint density at radius 1 is 1.07 bits per heavy atom. The number of alkyl halides is 3. The molecule has 12 heteroatoms. The standard InChI is InChI=1S/C15H13N5O2.C2HF3O2/c16-9-10-1-3-12(4-2-10)15(21)22-13-7-5-11(6-8-13)14-17-19-20-18-14;3-2(4,5)1(6)7/h1-8H,9,16H2,(H,17,18,19,20);(H,6,7). The average molecular weight is 409 g/mol. The highest BCUT2D eigenvalue weighted by molar-refractivity contribution is 5.91. The lowest BCUT2D eigenvalue weighted by Crippen LogP contribution is -2.21. The lowest BCUT2D eigenvalue weighted by atomic mass is 10.1. The number of tetrazole rings is 1. The number of esters is 1. The van der Waals surface area contributed by atoms with Gasteiger partial charge in [-0.2, -0.15) is 18.4 Å². The molecule has 0 spiro atoms. The van der Waals surface area contributed by atoms with E-state index < -0.39 is 18.1 Å². The molecule has 3 aromatic rings. The second-order valence-corrected chi connectivity index (χ2v) is 5.35. The fourth-order valence-corrected chi connectivity index (χ4v) is 1.90. The average Bonchev–Trinajstić information content (AvgIpc) is 3.23. The first-order valence-corrected chi connectivity index (χ1v) is 7.86. The van der Waals surface area contributed by atoms with Crippen LogP contribution in [0.3, 0.4) is 0 Å². The van der Waals surface area contributed by atoms with Crippen molar-refractivity contribution in [1.82, 2.24) is 20.6 Å². The summed E-state index contributed by atoms with van der Waals surface area (Å²) in [7, 11) is 0. The third-order valence-electron chi connectivity index (χ3n) is 3.34. The first-order chi connectivity index (χ1) is 13.7. The lowest BCUT2D eigenvalue weighted by molar-refractivity contribution is -0.192. The van der Waals surface area contributed by atoms with E-state index in [0.29, 0.717) is 23.7 Å². The molecule has 0 amide bonds. The Morgan fingerprint density at radius 3 is 2.10 bits per heavy atom. The zero-order valence-corrected chi connectivity index (χ0v) is 14.6. The number of nitrogens with one attached hydrogen (secondary N) is 1. The van der Waals surface area contributed by atoms with Crippen molar-refractivity contribution in [2.24, 2.45) is 5.73 Å². The number of nitrogens with zero attached hydrogens (tertiary/aromatic N) is 3. The van der Waals surface area contributed by atoms with Gasteiger partial charge in [-0.1, -0.05) is 12.1 Å². The molecule has 0 radical (unpaired) electrons. The molecule has 0 saturated carbocycles. The van der Waals surface area contributed by atoms with Gasteiger partial charge in [0.05, 0.1) is 5.56 Å². The summed E-state index contributed by atoms with van der Waals surface area (Å²) >= 11 is 0. The molecule has 29 heavy (non-hydrogen) atoms. The van der Waals surface area contributed by atoms with Crippen molar-refractivity contribution in [3.63, 3.8) is 0 Å². The molecular weight excluding hydrogens is 395 g/mol. The summed E-state index contributed by atoms with van der Waals surface area (Å²) in [5.74, 6) is -2.25. The number of carbonyl (C=O) groups excluding carboxylic acids is 1. The Bertz CT molecular complexity index is 943. The van der Waals surface area contributed by atoms with Gasteiger partial charge in [0, 0.05) is 12.1 Å². The summed E-state index contributed by atoms with van der Waals surface area (Å²) in [5, 5.41) is 20.8. The van der Waals surface area contributed by atoms with E-state index in [1.807, 2.05) is 0 Å². The minimum absolute atomic E-state index is 0.420. The van der Waals surface area contributed by atoms with Crippen molar-refractivity contribution in [1.29, 1.82) is 0 Å². The number of hydrogen-bond donors (Lipinski definition) is 3. The number of halogens is 3. The van der Waals surface area contributed by atoms with Crippen molar-refractivity contribution < 1.29 is 32.6 Å². The predicted molar refractivity (Wildman–Crippen MR) is 92.6 cm³/mol. The van der Waals surface area contributed by atoms with Crippen LogP contribution in [-0.2, 0) is 11.3 Å². The summed E-state index contributed by atoms with van der Waals surface area (Å²) in [6.07, 6.45) is -5.08. The molecule has 1 aromatic heterocycles. The number of rotatable bonds is 4. The van der Waals surface area contributed by atoms with Gasteiger partial charge in [-0.25, -0.2) is 9.59 Å². The molecule has 0 bridgehead atoms.